The molecule has 0 bridgehead atoms. The maximum absolute atomic E-state index is 13.1. The first-order chi connectivity index (χ1) is 16.7. The zero-order valence-electron chi connectivity index (χ0n) is 20.3. The predicted molar refractivity (Wildman–Crippen MR) is 130 cm³/mol. The van der Waals surface area contributed by atoms with Gasteiger partial charge in [-0.05, 0) is 25.5 Å². The SMILES string of the molecule is COc1ccccc1CNC(=O)c1cc2n(n1)C[C@](C)(C(=O)NCc1ccc(C)cc1)N(C)C2=O. The number of fused-ring (bicyclic) bond motifs is 1. The number of hydrogen-bond acceptors (Lipinski definition) is 5. The molecule has 9 nitrogen and oxygen atoms in total. The number of nitrogens with one attached hydrogen (secondary N) is 2. The zero-order chi connectivity index (χ0) is 25.2. The van der Waals surface area contributed by atoms with E-state index in [0.29, 0.717) is 12.3 Å². The Bertz CT molecular complexity index is 1270. The van der Waals surface area contributed by atoms with Crippen LogP contribution in [0.4, 0.5) is 0 Å². The molecule has 2 heterocycles. The van der Waals surface area contributed by atoms with Crippen molar-refractivity contribution in [3.8, 4) is 5.75 Å². The van der Waals surface area contributed by atoms with Crippen molar-refractivity contribution in [2.75, 3.05) is 14.2 Å². The van der Waals surface area contributed by atoms with Crippen LogP contribution in [0.3, 0.4) is 0 Å². The summed E-state index contributed by atoms with van der Waals surface area (Å²) in [5.41, 5.74) is 2.14. The summed E-state index contributed by atoms with van der Waals surface area (Å²) in [6.07, 6.45) is 0. The predicted octanol–water partition coefficient (Wildman–Crippen LogP) is 2.29. The Morgan fingerprint density at radius 2 is 1.80 bits per heavy atom. The molecule has 182 valence electrons. The molecule has 4 rings (SSSR count). The molecule has 1 atom stereocenters. The molecule has 0 aliphatic carbocycles. The summed E-state index contributed by atoms with van der Waals surface area (Å²) < 4.78 is 6.75. The van der Waals surface area contributed by atoms with Crippen molar-refractivity contribution in [3.63, 3.8) is 0 Å². The molecule has 0 spiro atoms. The molecule has 3 amide bonds. The van der Waals surface area contributed by atoms with Crippen LogP contribution in [0, 0.1) is 6.92 Å². The Morgan fingerprint density at radius 3 is 2.51 bits per heavy atom. The first-order valence-electron chi connectivity index (χ1n) is 11.3. The number of para-hydroxylation sites is 1. The van der Waals surface area contributed by atoms with E-state index in [1.807, 2.05) is 55.5 Å². The second kappa shape index (κ2) is 9.61. The van der Waals surface area contributed by atoms with Crippen LogP contribution < -0.4 is 15.4 Å². The van der Waals surface area contributed by atoms with E-state index in [4.69, 9.17) is 4.74 Å². The molecule has 1 aliphatic heterocycles. The van der Waals surface area contributed by atoms with Gasteiger partial charge in [0.25, 0.3) is 11.8 Å². The van der Waals surface area contributed by atoms with Crippen LogP contribution in [0.1, 0.15) is 44.6 Å². The summed E-state index contributed by atoms with van der Waals surface area (Å²) >= 11 is 0. The molecule has 35 heavy (non-hydrogen) atoms. The van der Waals surface area contributed by atoms with Gasteiger partial charge in [0.05, 0.1) is 13.7 Å². The monoisotopic (exact) mass is 475 g/mol. The number of likely N-dealkylation sites (N-methyl/N-ethyl adjacent to an activating group) is 1. The Hall–Kier alpha value is -4.14. The largest absolute Gasteiger partial charge is 0.496 e. The minimum atomic E-state index is -1.16. The minimum Gasteiger partial charge on any atom is -0.496 e. The molecular formula is C26H29N5O4. The normalized spacial score (nSPS) is 17.0. The van der Waals surface area contributed by atoms with Gasteiger partial charge in [-0.3, -0.25) is 19.1 Å². The minimum absolute atomic E-state index is 0.112. The van der Waals surface area contributed by atoms with Crippen molar-refractivity contribution in [1.29, 1.82) is 0 Å². The van der Waals surface area contributed by atoms with E-state index < -0.39 is 11.4 Å². The van der Waals surface area contributed by atoms with Crippen molar-refractivity contribution < 1.29 is 19.1 Å². The van der Waals surface area contributed by atoms with Gasteiger partial charge in [0, 0.05) is 31.8 Å². The fourth-order valence-corrected chi connectivity index (χ4v) is 4.03. The third-order valence-electron chi connectivity index (χ3n) is 6.43. The number of amides is 3. The number of methoxy groups -OCH3 is 1. The highest BCUT2D eigenvalue weighted by Gasteiger charge is 2.46. The average Bonchev–Trinajstić information content (AvgIpc) is 3.29. The Balaban J connectivity index is 1.47. The van der Waals surface area contributed by atoms with E-state index in [1.54, 1.807) is 21.1 Å². The van der Waals surface area contributed by atoms with Crippen LogP contribution in [0.2, 0.25) is 0 Å². The number of hydrogen-bond donors (Lipinski definition) is 2. The number of carbonyl (C=O) groups excluding carboxylic acids is 3. The Kier molecular flexibility index (Phi) is 6.59. The summed E-state index contributed by atoms with van der Waals surface area (Å²) in [4.78, 5) is 40.4. The topological polar surface area (TPSA) is 106 Å². The maximum atomic E-state index is 13.1. The second-order valence-corrected chi connectivity index (χ2v) is 8.87. The maximum Gasteiger partial charge on any atom is 0.272 e. The summed E-state index contributed by atoms with van der Waals surface area (Å²) in [5, 5.41) is 10.1. The van der Waals surface area contributed by atoms with Crippen LogP contribution in [0.15, 0.2) is 54.6 Å². The molecule has 0 radical (unpaired) electrons. The lowest BCUT2D eigenvalue weighted by Crippen LogP contribution is -2.62. The number of rotatable bonds is 7. The summed E-state index contributed by atoms with van der Waals surface area (Å²) in [6, 6.07) is 16.7. The molecule has 1 aliphatic rings. The Labute approximate surface area is 204 Å². The second-order valence-electron chi connectivity index (χ2n) is 8.87. The molecule has 1 aromatic heterocycles. The quantitative estimate of drug-likeness (QED) is 0.546. The van der Waals surface area contributed by atoms with Crippen LogP contribution in [-0.4, -0.2) is 52.1 Å². The first-order valence-corrected chi connectivity index (χ1v) is 11.3. The van der Waals surface area contributed by atoms with E-state index in [-0.39, 0.29) is 36.3 Å². The van der Waals surface area contributed by atoms with Gasteiger partial charge in [-0.15, -0.1) is 0 Å². The standard InChI is InChI=1S/C26H29N5O4/c1-17-9-11-18(12-10-17)14-28-25(34)26(2)16-31-21(24(33)30(26)3)13-20(29-31)23(32)27-15-19-7-5-6-8-22(19)35-4/h5-13H,14-16H2,1-4H3,(H,27,32)(H,28,34)/t26-/m1/s1. The third kappa shape index (κ3) is 4.75. The van der Waals surface area contributed by atoms with Crippen molar-refractivity contribution in [2.24, 2.45) is 0 Å². The van der Waals surface area contributed by atoms with Gasteiger partial charge in [-0.2, -0.15) is 5.10 Å². The lowest BCUT2D eigenvalue weighted by Gasteiger charge is -2.40. The fraction of sp³-hybridized carbons (Fsp3) is 0.308. The molecule has 2 N–H and O–H groups in total. The highest BCUT2D eigenvalue weighted by Crippen LogP contribution is 2.26. The van der Waals surface area contributed by atoms with Gasteiger partial charge in [0.2, 0.25) is 5.91 Å². The smallest absolute Gasteiger partial charge is 0.272 e. The molecular weight excluding hydrogens is 446 g/mol. The first kappa shape index (κ1) is 24.0. The highest BCUT2D eigenvalue weighted by molar-refractivity contribution is 6.01. The van der Waals surface area contributed by atoms with Crippen LogP contribution in [0.5, 0.6) is 5.75 Å². The van der Waals surface area contributed by atoms with E-state index in [1.165, 1.54) is 15.6 Å². The van der Waals surface area contributed by atoms with Gasteiger partial charge in [0.15, 0.2) is 5.69 Å². The molecule has 0 fully saturated rings. The van der Waals surface area contributed by atoms with Crippen LogP contribution in [-0.2, 0) is 24.4 Å². The molecule has 0 saturated carbocycles. The van der Waals surface area contributed by atoms with Crippen molar-refractivity contribution in [3.05, 3.63) is 82.7 Å². The van der Waals surface area contributed by atoms with Gasteiger partial charge in [0.1, 0.15) is 17.0 Å². The van der Waals surface area contributed by atoms with E-state index in [9.17, 15) is 14.4 Å². The number of ether oxygens (including phenoxy) is 1. The lowest BCUT2D eigenvalue weighted by molar-refractivity contribution is -0.132. The lowest BCUT2D eigenvalue weighted by atomic mass is 9.95. The van der Waals surface area contributed by atoms with Gasteiger partial charge in [-0.25, -0.2) is 0 Å². The van der Waals surface area contributed by atoms with Gasteiger partial charge >= 0.3 is 0 Å². The van der Waals surface area contributed by atoms with Crippen molar-refractivity contribution in [2.45, 2.75) is 39.0 Å². The number of aryl methyl sites for hydroxylation is 1. The van der Waals surface area contributed by atoms with Crippen molar-refractivity contribution >= 4 is 17.7 Å². The number of benzene rings is 2. The summed E-state index contributed by atoms with van der Waals surface area (Å²) in [7, 11) is 3.16. The van der Waals surface area contributed by atoms with E-state index >= 15 is 0 Å². The van der Waals surface area contributed by atoms with Gasteiger partial charge < -0.3 is 20.3 Å². The highest BCUT2D eigenvalue weighted by atomic mass is 16.5. The zero-order valence-corrected chi connectivity index (χ0v) is 20.3. The molecule has 0 unspecified atom stereocenters. The van der Waals surface area contributed by atoms with Crippen molar-refractivity contribution in [1.82, 2.24) is 25.3 Å². The Morgan fingerprint density at radius 1 is 1.09 bits per heavy atom. The molecule has 2 aromatic carbocycles. The van der Waals surface area contributed by atoms with E-state index in [0.717, 1.165) is 16.7 Å². The van der Waals surface area contributed by atoms with E-state index in [2.05, 4.69) is 15.7 Å². The molecule has 0 saturated heterocycles. The number of carbonyl (C=O) groups is 3. The summed E-state index contributed by atoms with van der Waals surface area (Å²) in [6.45, 7) is 4.42. The van der Waals surface area contributed by atoms with Crippen LogP contribution in [0.25, 0.3) is 0 Å². The van der Waals surface area contributed by atoms with Gasteiger partial charge in [-0.1, -0.05) is 48.0 Å². The van der Waals surface area contributed by atoms with Crippen LogP contribution >= 0.6 is 0 Å². The summed E-state index contributed by atoms with van der Waals surface area (Å²) in [5.74, 6) is -0.419. The molecule has 9 heteroatoms. The third-order valence-corrected chi connectivity index (χ3v) is 6.43. The average molecular weight is 476 g/mol. The number of aromatic nitrogens is 2. The molecule has 3 aromatic rings. The fourth-order valence-electron chi connectivity index (χ4n) is 4.03. The number of nitrogens with zero attached hydrogens (tertiary/aromatic N) is 3.